The molecule has 1 saturated heterocycles. The minimum absolute atomic E-state index is 0.0125. The number of rotatable bonds is 7. The minimum Gasteiger partial charge on any atom is -0.377 e. The number of likely N-dealkylation sites (tertiary alicyclic amines) is 1. The van der Waals surface area contributed by atoms with Crippen molar-refractivity contribution >= 4 is 11.7 Å². The summed E-state index contributed by atoms with van der Waals surface area (Å²) in [4.78, 5) is 25.5. The molecule has 1 heterocycles. The Morgan fingerprint density at radius 1 is 1.20 bits per heavy atom. The number of nitrogens with zero attached hydrogens (tertiary/aromatic N) is 1. The van der Waals surface area contributed by atoms with Crippen molar-refractivity contribution in [3.63, 3.8) is 0 Å². The number of carbonyl (C=O) groups excluding carboxylic acids is 2. The summed E-state index contributed by atoms with van der Waals surface area (Å²) in [6.07, 6.45) is -0.0250. The van der Waals surface area contributed by atoms with Crippen LogP contribution in [-0.4, -0.2) is 68.7 Å². The average molecular weight is 286 g/mol. The highest BCUT2D eigenvalue weighted by Crippen LogP contribution is 2.15. The lowest BCUT2D eigenvalue weighted by atomic mass is 10.0. The van der Waals surface area contributed by atoms with Crippen LogP contribution in [0.5, 0.6) is 0 Å². The summed E-state index contributed by atoms with van der Waals surface area (Å²) in [5.41, 5.74) is 0. The Balaban J connectivity index is 2.49. The highest BCUT2D eigenvalue weighted by atomic mass is 16.5. The van der Waals surface area contributed by atoms with Gasteiger partial charge in [0, 0.05) is 27.3 Å². The van der Waals surface area contributed by atoms with Crippen LogP contribution in [0.15, 0.2) is 0 Å². The van der Waals surface area contributed by atoms with Gasteiger partial charge in [-0.15, -0.1) is 0 Å². The Morgan fingerprint density at radius 3 is 2.05 bits per heavy atom. The van der Waals surface area contributed by atoms with E-state index in [0.717, 1.165) is 0 Å². The Kier molecular flexibility index (Phi) is 6.58. The van der Waals surface area contributed by atoms with Gasteiger partial charge >= 0.3 is 0 Å². The van der Waals surface area contributed by atoms with Gasteiger partial charge in [-0.1, -0.05) is 13.8 Å². The molecule has 0 aromatic heterocycles. The lowest BCUT2D eigenvalue weighted by Crippen LogP contribution is -2.47. The van der Waals surface area contributed by atoms with E-state index in [1.54, 1.807) is 14.2 Å². The zero-order chi connectivity index (χ0) is 15.3. The van der Waals surface area contributed by atoms with Crippen LogP contribution in [0.1, 0.15) is 20.8 Å². The molecule has 1 fully saturated rings. The molecule has 1 N–H and O–H groups in total. The van der Waals surface area contributed by atoms with E-state index in [9.17, 15) is 9.59 Å². The normalized spacial score (nSPS) is 24.9. The summed E-state index contributed by atoms with van der Waals surface area (Å²) in [6.45, 7) is 6.93. The molecule has 6 heteroatoms. The number of nitrogens with one attached hydrogen (secondary N) is 1. The van der Waals surface area contributed by atoms with Crippen LogP contribution >= 0.6 is 0 Å². The first-order valence-electron chi connectivity index (χ1n) is 6.96. The van der Waals surface area contributed by atoms with Gasteiger partial charge in [0.25, 0.3) is 0 Å². The summed E-state index contributed by atoms with van der Waals surface area (Å²) in [5.74, 6) is -0.0571. The molecule has 20 heavy (non-hydrogen) atoms. The summed E-state index contributed by atoms with van der Waals surface area (Å²) >= 11 is 0. The fourth-order valence-corrected chi connectivity index (χ4v) is 2.56. The van der Waals surface area contributed by atoms with E-state index in [1.807, 2.05) is 18.7 Å². The van der Waals surface area contributed by atoms with Crippen molar-refractivity contribution in [1.82, 2.24) is 10.2 Å². The molecule has 1 amide bonds. The Bertz CT molecular complexity index is 334. The third-order valence-electron chi connectivity index (χ3n) is 3.68. The Morgan fingerprint density at radius 2 is 1.70 bits per heavy atom. The van der Waals surface area contributed by atoms with Gasteiger partial charge in [0.15, 0.2) is 5.78 Å². The minimum atomic E-state index is -0.415. The lowest BCUT2D eigenvalue weighted by molar-refractivity contribution is -0.128. The predicted molar refractivity (Wildman–Crippen MR) is 75.5 cm³/mol. The van der Waals surface area contributed by atoms with Crippen LogP contribution in [-0.2, 0) is 19.1 Å². The molecular weight excluding hydrogens is 260 g/mol. The van der Waals surface area contributed by atoms with Crippen LogP contribution in [0.25, 0.3) is 0 Å². The van der Waals surface area contributed by atoms with E-state index in [4.69, 9.17) is 9.47 Å². The molecule has 0 aromatic carbocycles. The zero-order valence-corrected chi connectivity index (χ0v) is 13.0. The second kappa shape index (κ2) is 7.71. The third kappa shape index (κ3) is 4.54. The molecule has 3 atom stereocenters. The van der Waals surface area contributed by atoms with Crippen molar-refractivity contribution < 1.29 is 19.1 Å². The van der Waals surface area contributed by atoms with E-state index < -0.39 is 6.04 Å². The lowest BCUT2D eigenvalue weighted by Gasteiger charge is -2.21. The molecule has 1 aliphatic rings. The van der Waals surface area contributed by atoms with Gasteiger partial charge in [0.1, 0.15) is 0 Å². The predicted octanol–water partition coefficient (Wildman–Crippen LogP) is 0.0618. The molecular formula is C14H26N2O4. The number of methoxy groups -OCH3 is 2. The maximum absolute atomic E-state index is 12.0. The van der Waals surface area contributed by atoms with Crippen molar-refractivity contribution in [3.8, 4) is 0 Å². The number of carbonyl (C=O) groups is 2. The monoisotopic (exact) mass is 286 g/mol. The number of hydrogen-bond acceptors (Lipinski definition) is 5. The molecule has 1 rings (SSSR count). The van der Waals surface area contributed by atoms with Crippen LogP contribution < -0.4 is 5.32 Å². The zero-order valence-electron chi connectivity index (χ0n) is 13.0. The number of amides is 1. The van der Waals surface area contributed by atoms with Gasteiger partial charge < -0.3 is 14.8 Å². The highest BCUT2D eigenvalue weighted by molar-refractivity contribution is 5.88. The number of ether oxygens (including phenoxy) is 2. The third-order valence-corrected chi connectivity index (χ3v) is 3.68. The van der Waals surface area contributed by atoms with E-state index >= 15 is 0 Å². The quantitative estimate of drug-likeness (QED) is 0.717. The summed E-state index contributed by atoms with van der Waals surface area (Å²) in [7, 11) is 3.29. The van der Waals surface area contributed by atoms with Crippen LogP contribution in [0, 0.1) is 5.92 Å². The van der Waals surface area contributed by atoms with Gasteiger partial charge in [-0.05, 0) is 12.8 Å². The van der Waals surface area contributed by atoms with E-state index in [1.165, 1.54) is 6.92 Å². The van der Waals surface area contributed by atoms with Crippen molar-refractivity contribution in [1.29, 1.82) is 0 Å². The molecule has 0 saturated carbocycles. The molecule has 1 aliphatic heterocycles. The molecule has 0 bridgehead atoms. The van der Waals surface area contributed by atoms with E-state index in [-0.39, 0.29) is 36.4 Å². The van der Waals surface area contributed by atoms with Gasteiger partial charge in [-0.3, -0.25) is 14.5 Å². The first kappa shape index (κ1) is 17.1. The van der Waals surface area contributed by atoms with Gasteiger partial charge in [0.2, 0.25) is 5.91 Å². The number of hydrogen-bond donors (Lipinski definition) is 1. The molecule has 0 radical (unpaired) electrons. The molecule has 0 spiro atoms. The van der Waals surface area contributed by atoms with Crippen molar-refractivity contribution in [2.45, 2.75) is 39.0 Å². The highest BCUT2D eigenvalue weighted by Gasteiger charge is 2.34. The van der Waals surface area contributed by atoms with Crippen LogP contribution in [0.2, 0.25) is 0 Å². The number of Topliss-reactive ketones (excluding diaryl/α,β-unsaturated/α-hetero) is 1. The van der Waals surface area contributed by atoms with E-state index in [0.29, 0.717) is 13.1 Å². The van der Waals surface area contributed by atoms with E-state index in [2.05, 4.69) is 5.32 Å². The first-order chi connectivity index (χ1) is 9.38. The smallest absolute Gasteiger partial charge is 0.234 e. The van der Waals surface area contributed by atoms with Crippen molar-refractivity contribution in [2.24, 2.45) is 5.92 Å². The largest absolute Gasteiger partial charge is 0.377 e. The second-order valence-corrected chi connectivity index (χ2v) is 5.64. The fraction of sp³-hybridized carbons (Fsp3) is 0.857. The van der Waals surface area contributed by atoms with Crippen molar-refractivity contribution in [3.05, 3.63) is 0 Å². The molecule has 116 valence electrons. The first-order valence-corrected chi connectivity index (χ1v) is 6.96. The Labute approximate surface area is 120 Å². The fourth-order valence-electron chi connectivity index (χ4n) is 2.56. The Hall–Kier alpha value is -0.980. The van der Waals surface area contributed by atoms with Gasteiger partial charge in [-0.2, -0.15) is 0 Å². The summed E-state index contributed by atoms with van der Waals surface area (Å²) < 4.78 is 10.7. The van der Waals surface area contributed by atoms with Crippen LogP contribution in [0.3, 0.4) is 0 Å². The molecule has 0 aliphatic carbocycles. The van der Waals surface area contributed by atoms with Gasteiger partial charge in [0.05, 0.1) is 24.8 Å². The SMILES string of the molecule is COC1CN(CC(=O)NC(C(C)=O)C(C)C)CC1OC. The maximum atomic E-state index is 12.0. The standard InChI is InChI=1S/C14H26N2O4/c1-9(2)14(10(3)17)15-13(18)8-16-6-11(19-4)12(7-16)20-5/h9,11-12,14H,6-8H2,1-5H3,(H,15,18). The second-order valence-electron chi connectivity index (χ2n) is 5.64. The maximum Gasteiger partial charge on any atom is 0.234 e. The average Bonchev–Trinajstić information content (AvgIpc) is 2.77. The molecule has 3 unspecified atom stereocenters. The number of ketones is 1. The van der Waals surface area contributed by atoms with Gasteiger partial charge in [-0.25, -0.2) is 0 Å². The van der Waals surface area contributed by atoms with Crippen molar-refractivity contribution in [2.75, 3.05) is 33.9 Å². The molecule has 6 nitrogen and oxygen atoms in total. The topological polar surface area (TPSA) is 67.9 Å². The summed E-state index contributed by atoms with van der Waals surface area (Å²) in [5, 5.41) is 2.80. The van der Waals surface area contributed by atoms with Crippen LogP contribution in [0.4, 0.5) is 0 Å². The summed E-state index contributed by atoms with van der Waals surface area (Å²) in [6, 6.07) is -0.415. The molecule has 0 aromatic rings.